The van der Waals surface area contributed by atoms with Crippen molar-refractivity contribution in [1.29, 1.82) is 0 Å². The van der Waals surface area contributed by atoms with Crippen LogP contribution in [-0.4, -0.2) is 27.7 Å². The number of nitro groups is 1. The van der Waals surface area contributed by atoms with Gasteiger partial charge in [-0.15, -0.1) is 0 Å². The van der Waals surface area contributed by atoms with Gasteiger partial charge in [0.2, 0.25) is 0 Å². The second-order valence-electron chi connectivity index (χ2n) is 6.43. The van der Waals surface area contributed by atoms with E-state index in [1.54, 1.807) is 30.7 Å². The molecule has 0 radical (unpaired) electrons. The number of nitro benzene ring substituents is 1. The van der Waals surface area contributed by atoms with Gasteiger partial charge < -0.3 is 10.1 Å². The van der Waals surface area contributed by atoms with Gasteiger partial charge in [-0.05, 0) is 43.7 Å². The lowest BCUT2D eigenvalue weighted by Crippen LogP contribution is -2.14. The molecule has 0 saturated heterocycles. The Hall–Kier alpha value is -3.75. The molecule has 2 aromatic carbocycles. The molecule has 8 nitrogen and oxygen atoms in total. The smallest absolute Gasteiger partial charge is 0.311 e. The van der Waals surface area contributed by atoms with Crippen molar-refractivity contribution < 1.29 is 18.8 Å². The standard InChI is InChI=1S/C20H19FN4O4/c1-12-19(13(2)24(23-12)11-14-5-4-6-16(21)9-14)22-20(26)15-7-8-18(29-3)17(10-15)25(27)28/h4-10H,11H2,1-3H3,(H,22,26). The normalized spacial score (nSPS) is 10.6. The molecule has 0 aliphatic carbocycles. The zero-order valence-electron chi connectivity index (χ0n) is 16.1. The molecular weight excluding hydrogens is 379 g/mol. The lowest BCUT2D eigenvalue weighted by Gasteiger charge is -2.08. The largest absolute Gasteiger partial charge is 0.490 e. The van der Waals surface area contributed by atoms with Crippen molar-refractivity contribution in [3.63, 3.8) is 0 Å². The Morgan fingerprint density at radius 2 is 2.03 bits per heavy atom. The van der Waals surface area contributed by atoms with Gasteiger partial charge in [0.1, 0.15) is 5.82 Å². The SMILES string of the molecule is COc1ccc(C(=O)Nc2c(C)nn(Cc3cccc(F)c3)c2C)cc1[N+](=O)[O-]. The Kier molecular flexibility index (Phi) is 5.58. The third-order valence-corrected chi connectivity index (χ3v) is 4.48. The first-order valence-electron chi connectivity index (χ1n) is 8.72. The fourth-order valence-corrected chi connectivity index (χ4v) is 3.00. The summed E-state index contributed by atoms with van der Waals surface area (Å²) >= 11 is 0. The maximum Gasteiger partial charge on any atom is 0.311 e. The second kappa shape index (κ2) is 8.09. The summed E-state index contributed by atoms with van der Waals surface area (Å²) in [6.07, 6.45) is 0. The van der Waals surface area contributed by atoms with E-state index in [9.17, 15) is 19.3 Å². The number of hydrogen-bond acceptors (Lipinski definition) is 5. The Labute approximate surface area is 166 Å². The Balaban J connectivity index is 1.85. The number of ether oxygens (including phenoxy) is 1. The van der Waals surface area contributed by atoms with Crippen LogP contribution in [0.25, 0.3) is 0 Å². The van der Waals surface area contributed by atoms with Crippen LogP contribution in [0.2, 0.25) is 0 Å². The van der Waals surface area contributed by atoms with Gasteiger partial charge in [0.25, 0.3) is 5.91 Å². The molecule has 1 aromatic heterocycles. The first-order valence-corrected chi connectivity index (χ1v) is 8.72. The summed E-state index contributed by atoms with van der Waals surface area (Å²) in [6, 6.07) is 10.2. The highest BCUT2D eigenvalue weighted by atomic mass is 19.1. The molecule has 3 rings (SSSR count). The zero-order chi connectivity index (χ0) is 21.1. The summed E-state index contributed by atoms with van der Waals surface area (Å²) < 4.78 is 20.0. The summed E-state index contributed by atoms with van der Waals surface area (Å²) in [5.74, 6) is -0.771. The number of nitrogens with zero attached hydrogens (tertiary/aromatic N) is 3. The second-order valence-corrected chi connectivity index (χ2v) is 6.43. The predicted octanol–water partition coefficient (Wildman–Crippen LogP) is 3.86. The molecule has 1 amide bonds. The lowest BCUT2D eigenvalue weighted by molar-refractivity contribution is -0.385. The van der Waals surface area contributed by atoms with Crippen molar-refractivity contribution in [3.05, 3.63) is 80.9 Å². The number of amides is 1. The highest BCUT2D eigenvalue weighted by Gasteiger charge is 2.20. The predicted molar refractivity (Wildman–Crippen MR) is 105 cm³/mol. The maximum atomic E-state index is 13.4. The fraction of sp³-hybridized carbons (Fsp3) is 0.200. The number of anilines is 1. The average Bonchev–Trinajstić information content (AvgIpc) is 2.94. The molecule has 0 atom stereocenters. The van der Waals surface area contributed by atoms with Crippen LogP contribution in [-0.2, 0) is 6.54 Å². The van der Waals surface area contributed by atoms with Crippen LogP contribution in [0.15, 0.2) is 42.5 Å². The molecule has 3 aromatic rings. The molecule has 150 valence electrons. The third kappa shape index (κ3) is 4.23. The van der Waals surface area contributed by atoms with E-state index in [1.807, 2.05) is 0 Å². The van der Waals surface area contributed by atoms with Crippen molar-refractivity contribution in [3.8, 4) is 5.75 Å². The minimum atomic E-state index is -0.608. The fourth-order valence-electron chi connectivity index (χ4n) is 3.00. The number of hydrogen-bond donors (Lipinski definition) is 1. The molecule has 0 fully saturated rings. The van der Waals surface area contributed by atoms with Gasteiger partial charge in [-0.25, -0.2) is 4.39 Å². The maximum absolute atomic E-state index is 13.4. The van der Waals surface area contributed by atoms with E-state index in [2.05, 4.69) is 10.4 Å². The molecule has 1 heterocycles. The highest BCUT2D eigenvalue weighted by molar-refractivity contribution is 6.05. The minimum Gasteiger partial charge on any atom is -0.490 e. The minimum absolute atomic E-state index is 0.0711. The number of carbonyl (C=O) groups is 1. The lowest BCUT2D eigenvalue weighted by atomic mass is 10.1. The number of aromatic nitrogens is 2. The van der Waals surface area contributed by atoms with Crippen molar-refractivity contribution in [2.45, 2.75) is 20.4 Å². The average molecular weight is 398 g/mol. The number of halogens is 1. The van der Waals surface area contributed by atoms with Crippen molar-refractivity contribution in [2.24, 2.45) is 0 Å². The molecule has 0 aliphatic rings. The Morgan fingerprint density at radius 1 is 1.28 bits per heavy atom. The number of benzene rings is 2. The number of carbonyl (C=O) groups excluding carboxylic acids is 1. The molecule has 0 unspecified atom stereocenters. The van der Waals surface area contributed by atoms with Gasteiger partial charge in [-0.3, -0.25) is 19.6 Å². The first-order chi connectivity index (χ1) is 13.8. The summed E-state index contributed by atoms with van der Waals surface area (Å²) in [5.41, 5.74) is 2.33. The molecule has 0 bridgehead atoms. The van der Waals surface area contributed by atoms with Gasteiger partial charge in [-0.2, -0.15) is 5.10 Å². The molecule has 0 aliphatic heterocycles. The van der Waals surface area contributed by atoms with E-state index in [0.717, 1.165) is 11.6 Å². The number of nitrogens with one attached hydrogen (secondary N) is 1. The number of rotatable bonds is 6. The van der Waals surface area contributed by atoms with Crippen molar-refractivity contribution >= 4 is 17.3 Å². The molecular formula is C20H19FN4O4. The van der Waals surface area contributed by atoms with Crippen LogP contribution < -0.4 is 10.1 Å². The van der Waals surface area contributed by atoms with Crippen LogP contribution in [0.1, 0.15) is 27.3 Å². The molecule has 0 spiro atoms. The van der Waals surface area contributed by atoms with E-state index in [1.165, 1.54) is 31.4 Å². The number of aryl methyl sites for hydroxylation is 1. The van der Waals surface area contributed by atoms with Crippen molar-refractivity contribution in [2.75, 3.05) is 12.4 Å². The third-order valence-electron chi connectivity index (χ3n) is 4.48. The van der Waals surface area contributed by atoms with Crippen LogP contribution in [0.5, 0.6) is 5.75 Å². The Bertz CT molecular complexity index is 1090. The van der Waals surface area contributed by atoms with Gasteiger partial charge in [0.05, 0.1) is 35.7 Å². The van der Waals surface area contributed by atoms with Gasteiger partial charge in [0, 0.05) is 11.6 Å². The quantitative estimate of drug-likeness (QED) is 0.502. The van der Waals surface area contributed by atoms with Gasteiger partial charge in [-0.1, -0.05) is 12.1 Å². The summed E-state index contributed by atoms with van der Waals surface area (Å²) in [4.78, 5) is 23.2. The van der Waals surface area contributed by atoms with Crippen LogP contribution in [0.4, 0.5) is 15.8 Å². The van der Waals surface area contributed by atoms with Crippen LogP contribution in [0, 0.1) is 29.8 Å². The molecule has 29 heavy (non-hydrogen) atoms. The zero-order valence-corrected chi connectivity index (χ0v) is 16.1. The van der Waals surface area contributed by atoms with Gasteiger partial charge in [0.15, 0.2) is 5.75 Å². The number of methoxy groups -OCH3 is 1. The summed E-state index contributed by atoms with van der Waals surface area (Å²) in [5, 5.41) is 18.3. The van der Waals surface area contributed by atoms with E-state index in [4.69, 9.17) is 4.74 Å². The van der Waals surface area contributed by atoms with E-state index in [0.29, 0.717) is 23.6 Å². The molecule has 0 saturated carbocycles. The van der Waals surface area contributed by atoms with Gasteiger partial charge >= 0.3 is 5.69 Å². The van der Waals surface area contributed by atoms with Crippen molar-refractivity contribution in [1.82, 2.24) is 9.78 Å². The monoisotopic (exact) mass is 398 g/mol. The van der Waals surface area contributed by atoms with E-state index < -0.39 is 10.8 Å². The summed E-state index contributed by atoms with van der Waals surface area (Å²) in [7, 11) is 1.32. The first kappa shape index (κ1) is 20.0. The van der Waals surface area contributed by atoms with Crippen LogP contribution >= 0.6 is 0 Å². The van der Waals surface area contributed by atoms with E-state index in [-0.39, 0.29) is 22.8 Å². The topological polar surface area (TPSA) is 99.3 Å². The Morgan fingerprint density at radius 3 is 2.69 bits per heavy atom. The van der Waals surface area contributed by atoms with Crippen LogP contribution in [0.3, 0.4) is 0 Å². The molecule has 9 heteroatoms. The molecule has 1 N–H and O–H groups in total. The highest BCUT2D eigenvalue weighted by Crippen LogP contribution is 2.28. The van der Waals surface area contributed by atoms with E-state index >= 15 is 0 Å². The summed E-state index contributed by atoms with van der Waals surface area (Å²) in [6.45, 7) is 3.86.